The second-order valence-corrected chi connectivity index (χ2v) is 3.51. The molecule has 1 aromatic carbocycles. The molecule has 0 unspecified atom stereocenters. The Balaban J connectivity index is 3.17. The second kappa shape index (κ2) is 6.28. The van der Waals surface area contributed by atoms with E-state index in [4.69, 9.17) is 16.7 Å². The van der Waals surface area contributed by atoms with Gasteiger partial charge in [0, 0.05) is 12.1 Å². The van der Waals surface area contributed by atoms with E-state index in [1.807, 2.05) is 0 Å². The zero-order valence-corrected chi connectivity index (χ0v) is 10.0. The summed E-state index contributed by atoms with van der Waals surface area (Å²) in [6.45, 7) is -1.23. The van der Waals surface area contributed by atoms with Crippen molar-refractivity contribution in [2.45, 2.75) is 12.7 Å². The number of nitrogens with two attached hydrogens (primary N) is 1. The fraction of sp³-hybridized carbons (Fsp3) is 0.300. The molecule has 0 amide bonds. The number of anilines is 1. The van der Waals surface area contributed by atoms with E-state index in [1.54, 1.807) is 0 Å². The Morgan fingerprint density at radius 2 is 2.05 bits per heavy atom. The summed E-state index contributed by atoms with van der Waals surface area (Å²) < 4.78 is 54.0. The number of hydrogen-bond donors (Lipinski definition) is 3. The van der Waals surface area contributed by atoms with Crippen LogP contribution < -0.4 is 15.5 Å². The lowest BCUT2D eigenvalue weighted by Gasteiger charge is -2.20. The molecular formula is C10H11F4N5O. The van der Waals surface area contributed by atoms with Crippen LogP contribution in [0.3, 0.4) is 0 Å². The summed E-state index contributed by atoms with van der Waals surface area (Å²) in [5.41, 5.74) is 12.2. The van der Waals surface area contributed by atoms with Crippen LogP contribution in [-0.2, 0) is 6.54 Å². The molecule has 0 aromatic heterocycles. The zero-order chi connectivity index (χ0) is 15.3. The van der Waals surface area contributed by atoms with Gasteiger partial charge in [0.15, 0.2) is 0 Å². The lowest BCUT2D eigenvalue weighted by molar-refractivity contribution is -0.0610. The maximum Gasteiger partial charge on any atom is 0.451 e. The van der Waals surface area contributed by atoms with Crippen LogP contribution in [-0.4, -0.2) is 18.9 Å². The van der Waals surface area contributed by atoms with Crippen LogP contribution >= 0.6 is 0 Å². The molecule has 110 valence electrons. The number of ether oxygens (including phenoxy) is 1. The van der Waals surface area contributed by atoms with Gasteiger partial charge >= 0.3 is 6.18 Å². The Labute approximate surface area is 111 Å². The van der Waals surface area contributed by atoms with Gasteiger partial charge in [-0.25, -0.2) is 4.39 Å². The van der Waals surface area contributed by atoms with E-state index in [0.717, 1.165) is 12.1 Å². The summed E-state index contributed by atoms with van der Waals surface area (Å²) >= 11 is 0. The third kappa shape index (κ3) is 3.41. The summed E-state index contributed by atoms with van der Waals surface area (Å²) in [6, 6.07) is 3.45. The van der Waals surface area contributed by atoms with E-state index < -0.39 is 18.9 Å². The molecular weight excluding hydrogens is 282 g/mol. The Kier molecular flexibility index (Phi) is 4.97. The van der Waals surface area contributed by atoms with Crippen molar-refractivity contribution in [2.24, 2.45) is 11.0 Å². The molecule has 0 saturated carbocycles. The van der Waals surface area contributed by atoms with E-state index in [1.165, 1.54) is 6.07 Å². The van der Waals surface area contributed by atoms with Gasteiger partial charge in [0.1, 0.15) is 5.75 Å². The average Bonchev–Trinajstić information content (AvgIpc) is 2.40. The first-order valence-corrected chi connectivity index (χ1v) is 5.20. The molecule has 0 heterocycles. The molecule has 0 aliphatic heterocycles. The predicted molar refractivity (Wildman–Crippen MR) is 62.3 cm³/mol. The number of hydrogen-bond acceptors (Lipinski definition) is 5. The van der Waals surface area contributed by atoms with Crippen LogP contribution in [0.2, 0.25) is 0 Å². The van der Waals surface area contributed by atoms with Gasteiger partial charge in [0.05, 0.1) is 5.69 Å². The number of halogens is 4. The summed E-state index contributed by atoms with van der Waals surface area (Å²) in [4.78, 5) is 0. The van der Waals surface area contributed by atoms with Crippen molar-refractivity contribution in [1.29, 1.82) is 10.9 Å². The van der Waals surface area contributed by atoms with Crippen LogP contribution in [0.5, 0.6) is 5.75 Å². The molecule has 0 aliphatic rings. The summed E-state index contributed by atoms with van der Waals surface area (Å²) in [5, 5.41) is 9.70. The van der Waals surface area contributed by atoms with Crippen molar-refractivity contribution in [1.82, 2.24) is 0 Å². The van der Waals surface area contributed by atoms with E-state index in [-0.39, 0.29) is 28.6 Å². The number of benzene rings is 1. The summed E-state index contributed by atoms with van der Waals surface area (Å²) in [6.07, 6.45) is -4.96. The van der Waals surface area contributed by atoms with Crippen molar-refractivity contribution in [3.05, 3.63) is 23.8 Å². The molecule has 0 atom stereocenters. The van der Waals surface area contributed by atoms with Gasteiger partial charge < -0.3 is 10.5 Å². The molecule has 0 radical (unpaired) electrons. The number of alkyl halides is 4. The van der Waals surface area contributed by atoms with Crippen LogP contribution in [0.25, 0.3) is 0 Å². The highest BCUT2D eigenvalue weighted by atomic mass is 19.4. The van der Waals surface area contributed by atoms with Crippen molar-refractivity contribution >= 4 is 11.5 Å². The van der Waals surface area contributed by atoms with Crippen LogP contribution in [0.15, 0.2) is 23.4 Å². The molecule has 0 fully saturated rings. The third-order valence-electron chi connectivity index (χ3n) is 2.30. The minimum Gasteiger partial charge on any atom is -0.463 e. The zero-order valence-electron chi connectivity index (χ0n) is 10.0. The van der Waals surface area contributed by atoms with Gasteiger partial charge in [-0.3, -0.25) is 5.41 Å². The maximum atomic E-state index is 12.4. The third-order valence-corrected chi connectivity index (χ3v) is 2.30. The fourth-order valence-electron chi connectivity index (χ4n) is 1.41. The van der Waals surface area contributed by atoms with E-state index >= 15 is 0 Å². The molecule has 1 rings (SSSR count). The predicted octanol–water partition coefficient (Wildman–Crippen LogP) is 2.74. The van der Waals surface area contributed by atoms with E-state index in [9.17, 15) is 17.6 Å². The van der Waals surface area contributed by atoms with Gasteiger partial charge in [-0.1, -0.05) is 5.22 Å². The van der Waals surface area contributed by atoms with Gasteiger partial charge in [0.2, 0.25) is 12.7 Å². The normalized spacial score (nSPS) is 11.1. The number of rotatable bonds is 5. The lowest BCUT2D eigenvalue weighted by atomic mass is 10.1. The topological polar surface area (TPSA) is 98.5 Å². The second-order valence-electron chi connectivity index (χ2n) is 3.51. The Morgan fingerprint density at radius 3 is 2.50 bits per heavy atom. The summed E-state index contributed by atoms with van der Waals surface area (Å²) in [5.74, 6) is -1.75. The average molecular weight is 293 g/mol. The van der Waals surface area contributed by atoms with Crippen molar-refractivity contribution < 1.29 is 22.3 Å². The quantitative estimate of drug-likeness (QED) is 0.256. The SMILES string of the molecule is N=NN(C(=N)C(F)(F)F)c1ccc(OCF)c(CN)c1. The first-order chi connectivity index (χ1) is 9.35. The molecule has 6 nitrogen and oxygen atoms in total. The molecule has 4 N–H and O–H groups in total. The molecule has 10 heteroatoms. The first-order valence-electron chi connectivity index (χ1n) is 5.20. The molecule has 0 saturated heterocycles. The minimum absolute atomic E-state index is 0.0715. The summed E-state index contributed by atoms with van der Waals surface area (Å²) in [7, 11) is 0. The molecule has 0 spiro atoms. The highest BCUT2D eigenvalue weighted by molar-refractivity contribution is 5.98. The maximum absolute atomic E-state index is 12.4. The molecule has 20 heavy (non-hydrogen) atoms. The van der Waals surface area contributed by atoms with Gasteiger partial charge in [-0.05, 0) is 18.2 Å². The van der Waals surface area contributed by atoms with Crippen LogP contribution in [0.1, 0.15) is 5.56 Å². The monoisotopic (exact) mass is 293 g/mol. The molecule has 0 aliphatic carbocycles. The minimum atomic E-state index is -4.96. The molecule has 0 bridgehead atoms. The largest absolute Gasteiger partial charge is 0.463 e. The van der Waals surface area contributed by atoms with Gasteiger partial charge in [0.25, 0.3) is 0 Å². The molecule has 1 aromatic rings. The highest BCUT2D eigenvalue weighted by Gasteiger charge is 2.39. The first kappa shape index (κ1) is 15.8. The number of amidine groups is 1. The van der Waals surface area contributed by atoms with Crippen molar-refractivity contribution in [3.8, 4) is 5.75 Å². The smallest absolute Gasteiger partial charge is 0.451 e. The lowest BCUT2D eigenvalue weighted by Crippen LogP contribution is -2.37. The number of nitrogens with zero attached hydrogens (tertiary/aromatic N) is 2. The Hall–Kier alpha value is -2.23. The van der Waals surface area contributed by atoms with Crippen molar-refractivity contribution in [3.63, 3.8) is 0 Å². The van der Waals surface area contributed by atoms with Crippen LogP contribution in [0.4, 0.5) is 23.2 Å². The van der Waals surface area contributed by atoms with Crippen LogP contribution in [0, 0.1) is 10.9 Å². The van der Waals surface area contributed by atoms with Gasteiger partial charge in [-0.15, -0.1) is 0 Å². The highest BCUT2D eigenvalue weighted by Crippen LogP contribution is 2.28. The van der Waals surface area contributed by atoms with Crippen molar-refractivity contribution in [2.75, 3.05) is 11.9 Å². The van der Waals surface area contributed by atoms with E-state index in [2.05, 4.69) is 9.96 Å². The van der Waals surface area contributed by atoms with E-state index in [0.29, 0.717) is 0 Å². The fourth-order valence-corrected chi connectivity index (χ4v) is 1.41. The number of nitrogens with one attached hydrogen (secondary N) is 2. The standard InChI is InChI=1S/C10H11F4N5O/c11-5-20-8-2-1-7(3-6(8)4-15)19(18-17)9(16)10(12,13)14/h1-3,16-17H,4-5,15H2. The van der Waals surface area contributed by atoms with Gasteiger partial charge in [-0.2, -0.15) is 23.7 Å². The Bertz CT molecular complexity index is 505. The Morgan fingerprint density at radius 1 is 1.40 bits per heavy atom.